The summed E-state index contributed by atoms with van der Waals surface area (Å²) in [6, 6.07) is 7.59. The Labute approximate surface area is 120 Å². The summed E-state index contributed by atoms with van der Waals surface area (Å²) in [5.74, 6) is -0.359. The van der Waals surface area contributed by atoms with Crippen molar-refractivity contribution in [3.8, 4) is 0 Å². The van der Waals surface area contributed by atoms with Crippen molar-refractivity contribution in [1.82, 2.24) is 9.97 Å². The zero-order valence-corrected chi connectivity index (χ0v) is 11.4. The number of carbonyl (C=O) groups excluding carboxylic acids is 1. The Bertz CT molecular complexity index is 918. The Hall–Kier alpha value is -2.53. The van der Waals surface area contributed by atoms with Crippen LogP contribution < -0.4 is 0 Å². The van der Waals surface area contributed by atoms with Crippen molar-refractivity contribution in [2.75, 3.05) is 0 Å². The van der Waals surface area contributed by atoms with Gasteiger partial charge in [-0.1, -0.05) is 18.2 Å². The molecule has 104 valence electrons. The van der Waals surface area contributed by atoms with Gasteiger partial charge in [0.25, 0.3) is 0 Å². The molecule has 0 fully saturated rings. The van der Waals surface area contributed by atoms with Crippen LogP contribution in [0, 0.1) is 6.92 Å². The van der Waals surface area contributed by atoms with Crippen molar-refractivity contribution in [3.05, 3.63) is 46.9 Å². The van der Waals surface area contributed by atoms with Crippen LogP contribution in [0.2, 0.25) is 0 Å². The lowest BCUT2D eigenvalue weighted by atomic mass is 9.98. The van der Waals surface area contributed by atoms with Crippen LogP contribution in [-0.2, 0) is 18.0 Å². The van der Waals surface area contributed by atoms with E-state index in [2.05, 4.69) is 9.97 Å². The Morgan fingerprint density at radius 2 is 2.05 bits per heavy atom. The van der Waals surface area contributed by atoms with Gasteiger partial charge in [0, 0.05) is 21.9 Å². The number of aliphatic hydroxyl groups is 1. The molecule has 5 nitrogen and oxygen atoms in total. The highest BCUT2D eigenvalue weighted by atomic mass is 16.5. The van der Waals surface area contributed by atoms with Gasteiger partial charge >= 0.3 is 5.97 Å². The summed E-state index contributed by atoms with van der Waals surface area (Å²) >= 11 is 0. The predicted octanol–water partition coefficient (Wildman–Crippen LogP) is 2.25. The molecule has 0 unspecified atom stereocenters. The average Bonchev–Trinajstić information content (AvgIpc) is 2.87. The molecule has 0 radical (unpaired) electrons. The number of cyclic esters (lactones) is 1. The zero-order chi connectivity index (χ0) is 14.6. The van der Waals surface area contributed by atoms with Gasteiger partial charge in [0.05, 0.1) is 29.1 Å². The highest BCUT2D eigenvalue weighted by molar-refractivity contribution is 6.17. The van der Waals surface area contributed by atoms with E-state index in [1.165, 1.54) is 0 Å². The van der Waals surface area contributed by atoms with Gasteiger partial charge in [-0.25, -0.2) is 9.78 Å². The van der Waals surface area contributed by atoms with Crippen molar-refractivity contribution in [2.45, 2.75) is 20.1 Å². The van der Waals surface area contributed by atoms with Crippen LogP contribution in [0.3, 0.4) is 0 Å². The van der Waals surface area contributed by atoms with E-state index in [-0.39, 0.29) is 19.2 Å². The van der Waals surface area contributed by atoms with Crippen LogP contribution in [0.15, 0.2) is 24.3 Å². The van der Waals surface area contributed by atoms with Crippen molar-refractivity contribution >= 4 is 27.6 Å². The molecule has 1 aliphatic heterocycles. The van der Waals surface area contributed by atoms with Gasteiger partial charge in [-0.2, -0.15) is 0 Å². The molecule has 3 aromatic rings. The molecule has 0 bridgehead atoms. The largest absolute Gasteiger partial charge is 0.455 e. The number of hydrogen-bond donors (Lipinski definition) is 1. The highest BCUT2D eigenvalue weighted by Gasteiger charge is 2.28. The minimum atomic E-state index is -0.359. The minimum Gasteiger partial charge on any atom is -0.455 e. The lowest BCUT2D eigenvalue weighted by molar-refractivity contribution is 0.0534. The molecular weight excluding hydrogens is 268 g/mol. The molecular formula is C16H12N2O3. The summed E-state index contributed by atoms with van der Waals surface area (Å²) < 4.78 is 5.12. The molecule has 21 heavy (non-hydrogen) atoms. The summed E-state index contributed by atoms with van der Waals surface area (Å²) in [4.78, 5) is 21.0. The monoisotopic (exact) mass is 280 g/mol. The highest BCUT2D eigenvalue weighted by Crippen LogP contribution is 2.35. The molecule has 1 aromatic carbocycles. The van der Waals surface area contributed by atoms with Crippen molar-refractivity contribution in [1.29, 1.82) is 0 Å². The van der Waals surface area contributed by atoms with Crippen LogP contribution in [0.5, 0.6) is 0 Å². The fourth-order valence-electron chi connectivity index (χ4n) is 3.02. The first-order valence-electron chi connectivity index (χ1n) is 6.69. The number of ether oxygens (including phenoxy) is 1. The van der Waals surface area contributed by atoms with E-state index >= 15 is 0 Å². The van der Waals surface area contributed by atoms with E-state index in [4.69, 9.17) is 4.74 Å². The molecule has 0 spiro atoms. The fraction of sp³-hybridized carbons (Fsp3) is 0.188. The number of nitrogens with zero attached hydrogens (tertiary/aromatic N) is 2. The summed E-state index contributed by atoms with van der Waals surface area (Å²) in [5.41, 5.74) is 3.20. The number of fused-ring (bicyclic) bond motifs is 5. The van der Waals surface area contributed by atoms with Gasteiger partial charge in [-0.3, -0.25) is 4.98 Å². The molecule has 3 heterocycles. The van der Waals surface area contributed by atoms with Crippen molar-refractivity contribution < 1.29 is 14.6 Å². The average molecular weight is 280 g/mol. The van der Waals surface area contributed by atoms with E-state index in [1.807, 2.05) is 31.2 Å². The number of aryl methyl sites for hydroxylation is 1. The second-order valence-electron chi connectivity index (χ2n) is 5.08. The quantitative estimate of drug-likeness (QED) is 0.547. The number of hydrogen-bond acceptors (Lipinski definition) is 5. The summed E-state index contributed by atoms with van der Waals surface area (Å²) in [6.45, 7) is 1.87. The van der Waals surface area contributed by atoms with Gasteiger partial charge in [-0.15, -0.1) is 0 Å². The molecule has 0 saturated carbocycles. The summed E-state index contributed by atoms with van der Waals surface area (Å²) in [6.07, 6.45) is 0. The lowest BCUT2D eigenvalue weighted by Crippen LogP contribution is -2.03. The predicted molar refractivity (Wildman–Crippen MR) is 76.8 cm³/mol. The van der Waals surface area contributed by atoms with Crippen LogP contribution in [0.25, 0.3) is 21.7 Å². The second kappa shape index (κ2) is 4.23. The SMILES string of the molecule is Cc1nc2c(c3c1c(CO)nc1ccccc13)C(=O)OC2. The topological polar surface area (TPSA) is 72.3 Å². The van der Waals surface area contributed by atoms with Gasteiger partial charge in [0.15, 0.2) is 0 Å². The fourth-order valence-corrected chi connectivity index (χ4v) is 3.02. The maximum Gasteiger partial charge on any atom is 0.341 e. The third kappa shape index (κ3) is 1.58. The van der Waals surface area contributed by atoms with E-state index < -0.39 is 0 Å². The van der Waals surface area contributed by atoms with Crippen LogP contribution in [0.4, 0.5) is 0 Å². The van der Waals surface area contributed by atoms with E-state index in [0.29, 0.717) is 17.0 Å². The van der Waals surface area contributed by atoms with Gasteiger partial charge in [0.1, 0.15) is 6.61 Å². The smallest absolute Gasteiger partial charge is 0.341 e. The van der Waals surface area contributed by atoms with Gasteiger partial charge < -0.3 is 9.84 Å². The number of aliphatic hydroxyl groups excluding tert-OH is 1. The normalized spacial score (nSPS) is 13.7. The van der Waals surface area contributed by atoms with Crippen LogP contribution in [-0.4, -0.2) is 21.0 Å². The first-order valence-corrected chi connectivity index (χ1v) is 6.69. The second-order valence-corrected chi connectivity index (χ2v) is 5.08. The van der Waals surface area contributed by atoms with Crippen LogP contribution >= 0.6 is 0 Å². The maximum absolute atomic E-state index is 12.1. The minimum absolute atomic E-state index is 0.197. The molecule has 2 aromatic heterocycles. The first kappa shape index (κ1) is 12.2. The molecule has 0 saturated heterocycles. The first-order chi connectivity index (χ1) is 10.2. The molecule has 0 amide bonds. The number of esters is 1. The van der Waals surface area contributed by atoms with E-state index in [1.54, 1.807) is 0 Å². The Morgan fingerprint density at radius 1 is 1.24 bits per heavy atom. The van der Waals surface area contributed by atoms with Crippen molar-refractivity contribution in [3.63, 3.8) is 0 Å². The standard InChI is InChI=1S/C16H12N2O3/c1-8-13-11(6-19)18-10-5-3-2-4-9(10)14(13)15-12(17-8)7-21-16(15)20/h2-5,19H,6-7H2,1H3. The maximum atomic E-state index is 12.1. The number of carbonyl (C=O) groups is 1. The summed E-state index contributed by atoms with van der Waals surface area (Å²) in [7, 11) is 0. The number of para-hydroxylation sites is 1. The molecule has 5 heteroatoms. The Morgan fingerprint density at radius 3 is 2.86 bits per heavy atom. The summed E-state index contributed by atoms with van der Waals surface area (Å²) in [5, 5.41) is 12.0. The third-order valence-corrected chi connectivity index (χ3v) is 3.86. The van der Waals surface area contributed by atoms with E-state index in [9.17, 15) is 9.90 Å². The van der Waals surface area contributed by atoms with Gasteiger partial charge in [-0.05, 0) is 13.0 Å². The molecule has 1 N–H and O–H groups in total. The van der Waals surface area contributed by atoms with E-state index in [0.717, 1.165) is 27.4 Å². The number of rotatable bonds is 1. The lowest BCUT2D eigenvalue weighted by Gasteiger charge is -2.12. The third-order valence-electron chi connectivity index (χ3n) is 3.86. The molecule has 1 aliphatic rings. The Balaban J connectivity index is 2.34. The van der Waals surface area contributed by atoms with Gasteiger partial charge in [0.2, 0.25) is 0 Å². The number of benzene rings is 1. The molecule has 0 aliphatic carbocycles. The van der Waals surface area contributed by atoms with Crippen LogP contribution in [0.1, 0.15) is 27.4 Å². The molecule has 0 atom stereocenters. The van der Waals surface area contributed by atoms with Crippen molar-refractivity contribution in [2.24, 2.45) is 0 Å². The number of pyridine rings is 2. The Kier molecular flexibility index (Phi) is 2.46. The number of aromatic nitrogens is 2. The zero-order valence-electron chi connectivity index (χ0n) is 11.4. The molecule has 4 rings (SSSR count).